The van der Waals surface area contributed by atoms with Crippen molar-refractivity contribution in [3.8, 4) is 0 Å². The number of hydrogen-bond donors (Lipinski definition) is 2. The average molecular weight is 133 g/mol. The van der Waals surface area contributed by atoms with Crippen LogP contribution in [0.5, 0.6) is 0 Å². The molecule has 0 aromatic rings. The van der Waals surface area contributed by atoms with Crippen molar-refractivity contribution >= 4 is 32.3 Å². The van der Waals surface area contributed by atoms with Crippen molar-refractivity contribution in [2.45, 2.75) is 0 Å². The van der Waals surface area contributed by atoms with Gasteiger partial charge in [-0.15, -0.1) is 0 Å². The van der Waals surface area contributed by atoms with E-state index in [1.807, 2.05) is 0 Å². The van der Waals surface area contributed by atoms with Gasteiger partial charge in [0.05, 0.1) is 11.4 Å². The van der Waals surface area contributed by atoms with Crippen LogP contribution < -0.4 is 0 Å². The summed E-state index contributed by atoms with van der Waals surface area (Å²) in [4.78, 5) is 3.80. The molecule has 2 N–H and O–H groups in total. The molecule has 4 heteroatoms. The maximum atomic E-state index is 7.17. The van der Waals surface area contributed by atoms with Crippen LogP contribution >= 0.6 is 0 Å². The molecule has 0 aromatic heterocycles. The summed E-state index contributed by atoms with van der Waals surface area (Å²) in [5.41, 5.74) is 0.400. The van der Waals surface area contributed by atoms with Gasteiger partial charge in [-0.05, 0) is 10.6 Å². The number of hydrogen-bond acceptors (Lipinski definition) is 3. The highest BCUT2D eigenvalue weighted by atomic mass is 27.0. The Morgan fingerprint density at radius 1 is 1.44 bits per heavy atom. The third kappa shape index (κ3) is 1.15. The molecule has 2 radical (unpaired) electrons. The Morgan fingerprint density at radius 3 is 2.56 bits per heavy atom. The molecule has 1 heterocycles. The number of rotatable bonds is 0. The number of nitrogens with zero attached hydrogens (tertiary/aromatic N) is 1. The Kier molecular flexibility index (Phi) is 1.61. The topological polar surface area (TPSA) is 60.1 Å². The Morgan fingerprint density at radius 2 is 2.11 bits per heavy atom. The third-order valence-electron chi connectivity index (χ3n) is 0.980. The van der Waals surface area contributed by atoms with Crippen molar-refractivity contribution in [2.75, 3.05) is 0 Å². The second kappa shape index (κ2) is 2.26. The summed E-state index contributed by atoms with van der Waals surface area (Å²) < 4.78 is 0.530. The second-order valence-corrected chi connectivity index (χ2v) is 2.17. The smallest absolute Gasteiger partial charge is 0.213 e. The highest BCUT2D eigenvalue weighted by Crippen LogP contribution is 1.92. The Balaban J connectivity index is 3.00. The summed E-state index contributed by atoms with van der Waals surface area (Å²) in [6, 6.07) is 0. The first kappa shape index (κ1) is 6.40. The molecule has 9 heavy (non-hydrogen) atoms. The fourth-order valence-corrected chi connectivity index (χ4v) is 0.720. The van der Waals surface area contributed by atoms with Crippen LogP contribution in [0.1, 0.15) is 0 Å². The van der Waals surface area contributed by atoms with E-state index < -0.39 is 0 Å². The highest BCUT2D eigenvalue weighted by molar-refractivity contribution is 6.90. The second-order valence-electron chi connectivity index (χ2n) is 1.62. The normalized spacial score (nSPS) is 18.0. The predicted octanol–water partition coefficient (Wildman–Crippen LogP) is 0.120. The average Bonchev–Trinajstić information content (AvgIpc) is 1.83. The van der Waals surface area contributed by atoms with Gasteiger partial charge in [0.15, 0.2) is 0 Å². The number of aliphatic imine (C=N–C) groups is 1. The van der Waals surface area contributed by atoms with Crippen LogP contribution in [0.3, 0.4) is 0 Å². The van der Waals surface area contributed by atoms with Crippen LogP contribution in [-0.4, -0.2) is 32.3 Å². The van der Waals surface area contributed by atoms with Crippen molar-refractivity contribution in [3.05, 3.63) is 12.3 Å². The Hall–Kier alpha value is -0.718. The van der Waals surface area contributed by atoms with Crippen LogP contribution in [0, 0.1) is 10.8 Å². The van der Waals surface area contributed by atoms with Crippen LogP contribution in [0.2, 0.25) is 0 Å². The minimum Gasteiger partial charge on any atom is -0.299 e. The molecule has 1 rings (SSSR count). The summed E-state index contributed by atoms with van der Waals surface area (Å²) in [6.07, 6.45) is 3.01. The first-order valence-electron chi connectivity index (χ1n) is 2.39. The van der Waals surface area contributed by atoms with Crippen molar-refractivity contribution < 1.29 is 0 Å². The molecule has 1 aliphatic rings. The molecule has 0 unspecified atom stereocenters. The van der Waals surface area contributed by atoms with E-state index in [-0.39, 0.29) is 11.4 Å². The Labute approximate surface area is 60.9 Å². The van der Waals surface area contributed by atoms with E-state index in [9.17, 15) is 0 Å². The van der Waals surface area contributed by atoms with Gasteiger partial charge in [-0.25, -0.2) is 0 Å². The molecular formula is C5H4AlN3. The maximum Gasteiger partial charge on any atom is 0.213 e. The van der Waals surface area contributed by atoms with Crippen LogP contribution in [0.4, 0.5) is 0 Å². The summed E-state index contributed by atoms with van der Waals surface area (Å²) in [5.74, 6) is 0. The molecule has 0 saturated heterocycles. The van der Waals surface area contributed by atoms with Crippen molar-refractivity contribution in [1.29, 1.82) is 10.8 Å². The van der Waals surface area contributed by atoms with Gasteiger partial charge in [0.2, 0.25) is 16.3 Å². The molecule has 0 atom stereocenters. The van der Waals surface area contributed by atoms with E-state index >= 15 is 0 Å². The lowest BCUT2D eigenvalue weighted by Crippen LogP contribution is -2.23. The zero-order chi connectivity index (χ0) is 6.85. The molecule has 0 aliphatic carbocycles. The quantitative estimate of drug-likeness (QED) is 0.441. The fraction of sp³-hybridized carbons (Fsp3) is 0. The molecule has 42 valence electrons. The van der Waals surface area contributed by atoms with Crippen molar-refractivity contribution in [3.63, 3.8) is 0 Å². The SMILES string of the molecule is N=C1C=CN=[C]([Al])C1=N. The predicted molar refractivity (Wildman–Crippen MR) is 37.8 cm³/mol. The lowest BCUT2D eigenvalue weighted by Gasteiger charge is -2.04. The van der Waals surface area contributed by atoms with E-state index in [1.165, 1.54) is 12.3 Å². The zero-order valence-electron chi connectivity index (χ0n) is 4.68. The minimum absolute atomic E-state index is 0.183. The summed E-state index contributed by atoms with van der Waals surface area (Å²) >= 11 is 2.30. The number of allylic oxidation sites excluding steroid dienone is 1. The largest absolute Gasteiger partial charge is 0.299 e. The van der Waals surface area contributed by atoms with Crippen LogP contribution in [-0.2, 0) is 0 Å². The molecule has 0 bridgehead atoms. The molecular weight excluding hydrogens is 129 g/mol. The van der Waals surface area contributed by atoms with E-state index in [2.05, 4.69) is 21.3 Å². The van der Waals surface area contributed by atoms with Gasteiger partial charge >= 0.3 is 0 Å². The molecule has 0 aromatic carbocycles. The molecule has 0 spiro atoms. The monoisotopic (exact) mass is 133 g/mol. The van der Waals surface area contributed by atoms with E-state index in [0.29, 0.717) is 4.57 Å². The molecule has 0 saturated carbocycles. The zero-order valence-corrected chi connectivity index (χ0v) is 5.83. The standard InChI is InChI=1S/C5H4N3.Al/c6-4-1-2-8-3-5(4)7;/h1-2,6-7H;. The van der Waals surface area contributed by atoms with Crippen LogP contribution in [0.15, 0.2) is 17.3 Å². The fourth-order valence-electron chi connectivity index (χ4n) is 0.478. The van der Waals surface area contributed by atoms with Gasteiger partial charge in [-0.3, -0.25) is 15.8 Å². The number of nitrogens with one attached hydrogen (secondary N) is 2. The lowest BCUT2D eigenvalue weighted by molar-refractivity contribution is 1.47. The van der Waals surface area contributed by atoms with Crippen molar-refractivity contribution in [1.82, 2.24) is 0 Å². The van der Waals surface area contributed by atoms with Gasteiger partial charge in [-0.1, -0.05) is 0 Å². The maximum absolute atomic E-state index is 7.17. The van der Waals surface area contributed by atoms with Gasteiger partial charge in [0.25, 0.3) is 0 Å². The first-order valence-corrected chi connectivity index (χ1v) is 2.97. The molecule has 3 nitrogen and oxygen atoms in total. The van der Waals surface area contributed by atoms with Crippen molar-refractivity contribution in [2.24, 2.45) is 4.99 Å². The van der Waals surface area contributed by atoms with Gasteiger partial charge in [0.1, 0.15) is 0 Å². The highest BCUT2D eigenvalue weighted by Gasteiger charge is 2.05. The summed E-state index contributed by atoms with van der Waals surface area (Å²) in [6.45, 7) is 0. The molecule has 1 aliphatic heterocycles. The third-order valence-corrected chi connectivity index (χ3v) is 1.42. The summed E-state index contributed by atoms with van der Waals surface area (Å²) in [7, 11) is 0. The summed E-state index contributed by atoms with van der Waals surface area (Å²) in [5, 5.41) is 14.3. The first-order chi connectivity index (χ1) is 4.22. The van der Waals surface area contributed by atoms with Gasteiger partial charge < -0.3 is 0 Å². The minimum atomic E-state index is 0.183. The van der Waals surface area contributed by atoms with Crippen LogP contribution in [0.25, 0.3) is 0 Å². The molecule has 0 amide bonds. The van der Waals surface area contributed by atoms with E-state index in [0.717, 1.165) is 0 Å². The van der Waals surface area contributed by atoms with E-state index in [1.54, 1.807) is 0 Å². The van der Waals surface area contributed by atoms with Gasteiger partial charge in [0, 0.05) is 6.20 Å². The lowest BCUT2D eigenvalue weighted by atomic mass is 10.2. The van der Waals surface area contributed by atoms with E-state index in [4.69, 9.17) is 10.8 Å². The Bertz CT molecular complexity index is 226. The molecule has 0 fully saturated rings. The van der Waals surface area contributed by atoms with Gasteiger partial charge in [-0.2, -0.15) is 0 Å².